The average Bonchev–Trinajstić information content (AvgIpc) is 3.25. The summed E-state index contributed by atoms with van der Waals surface area (Å²) in [5.74, 6) is 1.71. The second-order valence-electron chi connectivity index (χ2n) is 7.27. The smallest absolute Gasteiger partial charge is 0.191 e. The first-order valence-corrected chi connectivity index (χ1v) is 11.3. The van der Waals surface area contributed by atoms with E-state index in [1.165, 1.54) is 29.7 Å². The molecule has 1 fully saturated rings. The van der Waals surface area contributed by atoms with Crippen LogP contribution in [-0.2, 0) is 13.0 Å². The van der Waals surface area contributed by atoms with Crippen molar-refractivity contribution in [2.75, 3.05) is 33.8 Å². The summed E-state index contributed by atoms with van der Waals surface area (Å²) in [7, 11) is 3.53. The van der Waals surface area contributed by atoms with Crippen molar-refractivity contribution in [1.29, 1.82) is 0 Å². The molecule has 2 N–H and O–H groups in total. The van der Waals surface area contributed by atoms with Gasteiger partial charge >= 0.3 is 0 Å². The molecule has 0 radical (unpaired) electrons. The van der Waals surface area contributed by atoms with Crippen LogP contribution in [0.15, 0.2) is 35.5 Å². The molecule has 3 rings (SSSR count). The first-order chi connectivity index (χ1) is 14.2. The Morgan fingerprint density at radius 1 is 1.20 bits per heavy atom. The Hall–Kier alpha value is -1.39. The molecule has 0 amide bonds. The molecular formula is C22H34IN5OS. The van der Waals surface area contributed by atoms with Crippen LogP contribution in [0, 0.1) is 0 Å². The summed E-state index contributed by atoms with van der Waals surface area (Å²) in [6, 6.07) is 8.77. The number of hydrogen-bond donors (Lipinski definition) is 2. The van der Waals surface area contributed by atoms with Gasteiger partial charge in [0.2, 0.25) is 0 Å². The van der Waals surface area contributed by atoms with E-state index in [0.717, 1.165) is 42.8 Å². The Balaban J connectivity index is 0.00000320. The van der Waals surface area contributed by atoms with Crippen LogP contribution in [0.4, 0.5) is 0 Å². The molecule has 0 aliphatic carbocycles. The van der Waals surface area contributed by atoms with E-state index in [2.05, 4.69) is 44.6 Å². The summed E-state index contributed by atoms with van der Waals surface area (Å²) in [6.45, 7) is 5.95. The number of thiazole rings is 1. The van der Waals surface area contributed by atoms with Crippen molar-refractivity contribution in [2.24, 2.45) is 4.99 Å². The zero-order valence-corrected chi connectivity index (χ0v) is 21.3. The summed E-state index contributed by atoms with van der Waals surface area (Å²) >= 11 is 1.76. The molecule has 1 saturated heterocycles. The molecule has 8 heteroatoms. The molecule has 0 bridgehead atoms. The molecule has 0 spiro atoms. The van der Waals surface area contributed by atoms with Crippen LogP contribution in [0.1, 0.15) is 47.7 Å². The lowest BCUT2D eigenvalue weighted by Gasteiger charge is -2.35. The molecule has 2 heterocycles. The van der Waals surface area contributed by atoms with Gasteiger partial charge in [0.05, 0.1) is 19.7 Å². The maximum Gasteiger partial charge on any atom is 0.191 e. The van der Waals surface area contributed by atoms with Crippen molar-refractivity contribution in [3.05, 3.63) is 45.9 Å². The third kappa shape index (κ3) is 7.09. The van der Waals surface area contributed by atoms with Gasteiger partial charge in [0.15, 0.2) is 5.96 Å². The second-order valence-corrected chi connectivity index (χ2v) is 8.47. The molecule has 1 aliphatic heterocycles. The third-order valence-corrected chi connectivity index (χ3v) is 6.52. The van der Waals surface area contributed by atoms with Gasteiger partial charge in [0.25, 0.3) is 0 Å². The highest BCUT2D eigenvalue weighted by Gasteiger charge is 2.22. The number of nitrogens with zero attached hydrogens (tertiary/aromatic N) is 3. The van der Waals surface area contributed by atoms with Gasteiger partial charge in [-0.05, 0) is 50.0 Å². The van der Waals surface area contributed by atoms with E-state index in [-0.39, 0.29) is 24.0 Å². The molecule has 1 aromatic heterocycles. The number of piperidine rings is 1. The van der Waals surface area contributed by atoms with Crippen LogP contribution in [0.2, 0.25) is 0 Å². The first kappa shape index (κ1) is 24.9. The number of methoxy groups -OCH3 is 1. The van der Waals surface area contributed by atoms with E-state index >= 15 is 0 Å². The Labute approximate surface area is 201 Å². The summed E-state index contributed by atoms with van der Waals surface area (Å²) < 4.78 is 5.33. The van der Waals surface area contributed by atoms with Crippen molar-refractivity contribution in [1.82, 2.24) is 20.5 Å². The van der Waals surface area contributed by atoms with Crippen molar-refractivity contribution in [3.8, 4) is 5.75 Å². The quantitative estimate of drug-likeness (QED) is 0.297. The standard InChI is InChI=1S/C22H33N5OS.HI/c1-4-19-14-24-21(29-19)16-26-22(23-2)25-15-20(27-12-6-5-7-13-27)17-8-10-18(28-3)11-9-17;/h8-11,14,20H,4-7,12-13,15-16H2,1-3H3,(H2,23,25,26);1H. The van der Waals surface area contributed by atoms with E-state index in [4.69, 9.17) is 4.74 Å². The highest BCUT2D eigenvalue weighted by atomic mass is 127. The highest BCUT2D eigenvalue weighted by Crippen LogP contribution is 2.25. The largest absolute Gasteiger partial charge is 0.497 e. The van der Waals surface area contributed by atoms with Gasteiger partial charge in [0.1, 0.15) is 10.8 Å². The SMILES string of the molecule is CCc1cnc(CNC(=NC)NCC(c2ccc(OC)cc2)N2CCCCC2)s1.I. The lowest BCUT2D eigenvalue weighted by molar-refractivity contribution is 0.164. The number of aliphatic imine (C=N–C) groups is 1. The molecule has 30 heavy (non-hydrogen) atoms. The monoisotopic (exact) mass is 543 g/mol. The van der Waals surface area contributed by atoms with Crippen LogP contribution in [0.25, 0.3) is 0 Å². The fourth-order valence-electron chi connectivity index (χ4n) is 3.68. The van der Waals surface area contributed by atoms with E-state index in [9.17, 15) is 0 Å². The number of guanidine groups is 1. The Morgan fingerprint density at radius 2 is 1.93 bits per heavy atom. The van der Waals surface area contributed by atoms with E-state index in [1.807, 2.05) is 25.4 Å². The number of ether oxygens (including phenoxy) is 1. The van der Waals surface area contributed by atoms with Gasteiger partial charge < -0.3 is 15.4 Å². The topological polar surface area (TPSA) is 61.8 Å². The lowest BCUT2D eigenvalue weighted by atomic mass is 10.0. The van der Waals surface area contributed by atoms with Crippen molar-refractivity contribution >= 4 is 41.3 Å². The van der Waals surface area contributed by atoms with E-state index in [1.54, 1.807) is 18.4 Å². The maximum atomic E-state index is 5.33. The summed E-state index contributed by atoms with van der Waals surface area (Å²) in [6.07, 6.45) is 6.86. The minimum atomic E-state index is 0. The minimum absolute atomic E-state index is 0. The Morgan fingerprint density at radius 3 is 2.53 bits per heavy atom. The van der Waals surface area contributed by atoms with Gasteiger partial charge in [-0.2, -0.15) is 0 Å². The van der Waals surface area contributed by atoms with Crippen molar-refractivity contribution < 1.29 is 4.74 Å². The molecule has 1 aliphatic rings. The minimum Gasteiger partial charge on any atom is -0.497 e. The van der Waals surface area contributed by atoms with Crippen molar-refractivity contribution in [3.63, 3.8) is 0 Å². The zero-order valence-electron chi connectivity index (χ0n) is 18.2. The predicted molar refractivity (Wildman–Crippen MR) is 136 cm³/mol. The van der Waals surface area contributed by atoms with Gasteiger partial charge in [-0.3, -0.25) is 9.89 Å². The molecule has 1 atom stereocenters. The van der Waals surface area contributed by atoms with E-state index < -0.39 is 0 Å². The highest BCUT2D eigenvalue weighted by molar-refractivity contribution is 14.0. The van der Waals surface area contributed by atoms with Gasteiger partial charge in [-0.25, -0.2) is 4.98 Å². The van der Waals surface area contributed by atoms with Crippen molar-refractivity contribution in [2.45, 2.75) is 45.2 Å². The number of hydrogen-bond acceptors (Lipinski definition) is 5. The molecule has 1 unspecified atom stereocenters. The fourth-order valence-corrected chi connectivity index (χ4v) is 4.48. The first-order valence-electron chi connectivity index (χ1n) is 10.5. The number of benzene rings is 1. The number of rotatable bonds is 8. The van der Waals surface area contributed by atoms with Crippen LogP contribution >= 0.6 is 35.3 Å². The van der Waals surface area contributed by atoms with E-state index in [0.29, 0.717) is 12.6 Å². The number of halogens is 1. The predicted octanol–water partition coefficient (Wildman–Crippen LogP) is 4.22. The van der Waals surface area contributed by atoms with Gasteiger partial charge in [0, 0.05) is 24.7 Å². The Bertz CT molecular complexity index is 774. The normalized spacial score (nSPS) is 15.9. The number of likely N-dealkylation sites (tertiary alicyclic amines) is 1. The average molecular weight is 544 g/mol. The molecular weight excluding hydrogens is 509 g/mol. The van der Waals surface area contributed by atoms with Crippen LogP contribution < -0.4 is 15.4 Å². The van der Waals surface area contributed by atoms with Crippen LogP contribution in [-0.4, -0.2) is 49.6 Å². The molecule has 6 nitrogen and oxygen atoms in total. The molecule has 2 aromatic rings. The Kier molecular flexibility index (Phi) is 10.9. The lowest BCUT2D eigenvalue weighted by Crippen LogP contribution is -2.44. The number of aromatic nitrogens is 1. The molecule has 1 aromatic carbocycles. The van der Waals surface area contributed by atoms with Crippen LogP contribution in [0.5, 0.6) is 5.75 Å². The molecule has 0 saturated carbocycles. The van der Waals surface area contributed by atoms with Gasteiger partial charge in [-0.15, -0.1) is 35.3 Å². The van der Waals surface area contributed by atoms with Crippen LogP contribution in [0.3, 0.4) is 0 Å². The zero-order chi connectivity index (χ0) is 20.5. The third-order valence-electron chi connectivity index (χ3n) is 5.38. The summed E-state index contributed by atoms with van der Waals surface area (Å²) in [5, 5.41) is 8.02. The summed E-state index contributed by atoms with van der Waals surface area (Å²) in [5.41, 5.74) is 1.31. The fraction of sp³-hybridized carbons (Fsp3) is 0.545. The summed E-state index contributed by atoms with van der Waals surface area (Å²) in [4.78, 5) is 12.8. The maximum absolute atomic E-state index is 5.33. The number of aryl methyl sites for hydroxylation is 1. The molecule has 166 valence electrons. The van der Waals surface area contributed by atoms with Gasteiger partial charge in [-0.1, -0.05) is 25.5 Å². The second kappa shape index (κ2) is 13.1. The number of nitrogens with one attached hydrogen (secondary N) is 2.